The lowest BCUT2D eigenvalue weighted by molar-refractivity contribution is 0.476. The summed E-state index contributed by atoms with van der Waals surface area (Å²) in [6, 6.07) is 8.90. The second-order valence-electron chi connectivity index (χ2n) is 3.01. The third-order valence-corrected chi connectivity index (χ3v) is 2.09. The van der Waals surface area contributed by atoms with Crippen LogP contribution in [0.15, 0.2) is 30.5 Å². The molecule has 0 saturated heterocycles. The van der Waals surface area contributed by atoms with E-state index in [2.05, 4.69) is 11.1 Å². The smallest absolute Gasteiger partial charge is 0.117 e. The molecule has 1 N–H and O–H groups in total. The first-order valence-corrected chi connectivity index (χ1v) is 4.25. The van der Waals surface area contributed by atoms with E-state index in [4.69, 9.17) is 5.26 Å². The number of hydrogen-bond donors (Lipinski definition) is 1. The van der Waals surface area contributed by atoms with Gasteiger partial charge in [0, 0.05) is 17.6 Å². The van der Waals surface area contributed by atoms with Crippen molar-refractivity contribution in [2.45, 2.75) is 6.42 Å². The molecule has 1 aromatic heterocycles. The fourth-order valence-electron chi connectivity index (χ4n) is 1.44. The highest BCUT2D eigenvalue weighted by Crippen LogP contribution is 2.21. The standard InChI is InChI=1S/C11H8N2O/c12-5-3-8-4-6-13-11-7-9(14)1-2-10(8)11/h1-2,4,6-7,14H,3H2. The summed E-state index contributed by atoms with van der Waals surface area (Å²) >= 11 is 0. The number of nitriles is 1. The topological polar surface area (TPSA) is 56.9 Å². The van der Waals surface area contributed by atoms with E-state index in [0.29, 0.717) is 6.42 Å². The number of fused-ring (bicyclic) bond motifs is 1. The summed E-state index contributed by atoms with van der Waals surface area (Å²) < 4.78 is 0. The predicted octanol–water partition coefficient (Wildman–Crippen LogP) is 2.01. The summed E-state index contributed by atoms with van der Waals surface area (Å²) in [7, 11) is 0. The van der Waals surface area contributed by atoms with E-state index in [-0.39, 0.29) is 5.75 Å². The monoisotopic (exact) mass is 184 g/mol. The van der Waals surface area contributed by atoms with Crippen LogP contribution < -0.4 is 0 Å². The highest BCUT2D eigenvalue weighted by Gasteiger charge is 2.01. The molecule has 1 heterocycles. The van der Waals surface area contributed by atoms with Crippen molar-refractivity contribution in [1.82, 2.24) is 4.98 Å². The number of phenols is 1. The van der Waals surface area contributed by atoms with Gasteiger partial charge in [0.15, 0.2) is 0 Å². The maximum atomic E-state index is 9.25. The van der Waals surface area contributed by atoms with Gasteiger partial charge in [-0.05, 0) is 23.8 Å². The van der Waals surface area contributed by atoms with E-state index >= 15 is 0 Å². The minimum atomic E-state index is 0.194. The van der Waals surface area contributed by atoms with Crippen LogP contribution in [0.3, 0.4) is 0 Å². The minimum Gasteiger partial charge on any atom is -0.508 e. The van der Waals surface area contributed by atoms with Gasteiger partial charge >= 0.3 is 0 Å². The van der Waals surface area contributed by atoms with Crippen molar-refractivity contribution in [2.75, 3.05) is 0 Å². The summed E-state index contributed by atoms with van der Waals surface area (Å²) in [5.74, 6) is 0.194. The molecule has 0 amide bonds. The molecule has 0 unspecified atom stereocenters. The molecule has 3 nitrogen and oxygen atoms in total. The number of pyridine rings is 1. The van der Waals surface area contributed by atoms with Crippen LogP contribution in [0, 0.1) is 11.3 Å². The maximum absolute atomic E-state index is 9.25. The normalized spacial score (nSPS) is 9.93. The van der Waals surface area contributed by atoms with Gasteiger partial charge in [-0.1, -0.05) is 0 Å². The van der Waals surface area contributed by atoms with Crippen LogP contribution in [-0.2, 0) is 6.42 Å². The number of aromatic hydroxyl groups is 1. The second kappa shape index (κ2) is 3.35. The van der Waals surface area contributed by atoms with Crippen molar-refractivity contribution in [1.29, 1.82) is 5.26 Å². The van der Waals surface area contributed by atoms with E-state index in [1.165, 1.54) is 0 Å². The molecule has 0 saturated carbocycles. The molecule has 0 atom stereocenters. The number of rotatable bonds is 1. The van der Waals surface area contributed by atoms with Crippen LogP contribution in [0.1, 0.15) is 5.56 Å². The van der Waals surface area contributed by atoms with Crippen LogP contribution in [0.25, 0.3) is 10.9 Å². The zero-order valence-corrected chi connectivity index (χ0v) is 7.44. The Morgan fingerprint density at radius 2 is 2.21 bits per heavy atom. The summed E-state index contributed by atoms with van der Waals surface area (Å²) in [4.78, 5) is 4.12. The average molecular weight is 184 g/mol. The number of phenolic OH excluding ortho intramolecular Hbond substituents is 1. The molecule has 0 aliphatic heterocycles. The van der Waals surface area contributed by atoms with E-state index < -0.39 is 0 Å². The van der Waals surface area contributed by atoms with Gasteiger partial charge in [0.05, 0.1) is 18.0 Å². The van der Waals surface area contributed by atoms with Crippen molar-refractivity contribution in [2.24, 2.45) is 0 Å². The molecular weight excluding hydrogens is 176 g/mol. The Hall–Kier alpha value is -2.08. The lowest BCUT2D eigenvalue weighted by Crippen LogP contribution is -1.86. The molecule has 2 rings (SSSR count). The van der Waals surface area contributed by atoms with Gasteiger partial charge in [0.1, 0.15) is 5.75 Å². The summed E-state index contributed by atoms with van der Waals surface area (Å²) in [6.07, 6.45) is 2.01. The molecule has 3 heteroatoms. The van der Waals surface area contributed by atoms with Gasteiger partial charge in [0.25, 0.3) is 0 Å². The quantitative estimate of drug-likeness (QED) is 0.737. The molecule has 0 radical (unpaired) electrons. The highest BCUT2D eigenvalue weighted by molar-refractivity contribution is 5.83. The summed E-state index contributed by atoms with van der Waals surface area (Å²) in [5, 5.41) is 18.8. The van der Waals surface area contributed by atoms with E-state index in [0.717, 1.165) is 16.5 Å². The minimum absolute atomic E-state index is 0.194. The molecule has 0 spiro atoms. The van der Waals surface area contributed by atoms with Crippen molar-refractivity contribution >= 4 is 10.9 Å². The lowest BCUT2D eigenvalue weighted by atomic mass is 10.1. The largest absolute Gasteiger partial charge is 0.508 e. The maximum Gasteiger partial charge on any atom is 0.117 e. The van der Waals surface area contributed by atoms with Crippen molar-refractivity contribution in [3.05, 3.63) is 36.0 Å². The molecule has 68 valence electrons. The SMILES string of the molecule is N#CCc1ccnc2cc(O)ccc12. The van der Waals surface area contributed by atoms with Crippen molar-refractivity contribution in [3.8, 4) is 11.8 Å². The molecule has 0 bridgehead atoms. The lowest BCUT2D eigenvalue weighted by Gasteiger charge is -2.01. The zero-order chi connectivity index (χ0) is 9.97. The second-order valence-corrected chi connectivity index (χ2v) is 3.01. The first-order chi connectivity index (χ1) is 6.81. The van der Waals surface area contributed by atoms with E-state index in [1.54, 1.807) is 24.4 Å². The molecule has 14 heavy (non-hydrogen) atoms. The number of aromatic nitrogens is 1. The van der Waals surface area contributed by atoms with Gasteiger partial charge < -0.3 is 5.11 Å². The van der Waals surface area contributed by atoms with Crippen LogP contribution in [0.5, 0.6) is 5.75 Å². The van der Waals surface area contributed by atoms with Crippen LogP contribution in [-0.4, -0.2) is 10.1 Å². The molecule has 0 fully saturated rings. The predicted molar refractivity (Wildman–Crippen MR) is 52.7 cm³/mol. The Morgan fingerprint density at radius 3 is 3.00 bits per heavy atom. The van der Waals surface area contributed by atoms with Crippen molar-refractivity contribution < 1.29 is 5.11 Å². The van der Waals surface area contributed by atoms with Gasteiger partial charge in [-0.2, -0.15) is 5.26 Å². The fourth-order valence-corrected chi connectivity index (χ4v) is 1.44. The first-order valence-electron chi connectivity index (χ1n) is 4.25. The molecule has 0 aliphatic carbocycles. The molecule has 0 aliphatic rings. The first kappa shape index (κ1) is 8.52. The third kappa shape index (κ3) is 1.38. The van der Waals surface area contributed by atoms with Crippen molar-refractivity contribution in [3.63, 3.8) is 0 Å². The van der Waals surface area contributed by atoms with Gasteiger partial charge in [0.2, 0.25) is 0 Å². The Labute approximate surface area is 81.2 Å². The van der Waals surface area contributed by atoms with Gasteiger partial charge in [-0.3, -0.25) is 4.98 Å². The number of hydrogen-bond acceptors (Lipinski definition) is 3. The molecular formula is C11H8N2O. The zero-order valence-electron chi connectivity index (χ0n) is 7.44. The van der Waals surface area contributed by atoms with Crippen LogP contribution >= 0.6 is 0 Å². The Bertz CT molecular complexity index is 514. The number of benzene rings is 1. The van der Waals surface area contributed by atoms with E-state index in [9.17, 15) is 5.11 Å². The summed E-state index contributed by atoms with van der Waals surface area (Å²) in [5.41, 5.74) is 1.66. The summed E-state index contributed by atoms with van der Waals surface area (Å²) in [6.45, 7) is 0. The highest BCUT2D eigenvalue weighted by atomic mass is 16.3. The third-order valence-electron chi connectivity index (χ3n) is 2.09. The fraction of sp³-hybridized carbons (Fsp3) is 0.0909. The Morgan fingerprint density at radius 1 is 1.36 bits per heavy atom. The van der Waals surface area contributed by atoms with Crippen LogP contribution in [0.2, 0.25) is 0 Å². The Kier molecular flexibility index (Phi) is 2.04. The van der Waals surface area contributed by atoms with Gasteiger partial charge in [-0.25, -0.2) is 0 Å². The molecule has 1 aromatic carbocycles. The van der Waals surface area contributed by atoms with Gasteiger partial charge in [-0.15, -0.1) is 0 Å². The average Bonchev–Trinajstić information content (AvgIpc) is 2.18. The van der Waals surface area contributed by atoms with Crippen LogP contribution in [0.4, 0.5) is 0 Å². The van der Waals surface area contributed by atoms with E-state index in [1.807, 2.05) is 6.07 Å². The molecule has 2 aromatic rings. The number of nitrogens with zero attached hydrogens (tertiary/aromatic N) is 2. The Balaban J connectivity index is 2.70.